The molecule has 7 nitrogen and oxygen atoms in total. The molecule has 2 N–H and O–H groups in total. The Labute approximate surface area is 133 Å². The molecule has 1 unspecified atom stereocenters. The van der Waals surface area contributed by atoms with Crippen LogP contribution in [-0.2, 0) is 14.8 Å². The summed E-state index contributed by atoms with van der Waals surface area (Å²) in [5.41, 5.74) is -0.561. The van der Waals surface area contributed by atoms with E-state index in [1.807, 2.05) is 0 Å². The third-order valence-corrected chi connectivity index (χ3v) is 4.74. The summed E-state index contributed by atoms with van der Waals surface area (Å²) in [6.45, 7) is 7.90. The Kier molecular flexibility index (Phi) is 6.64. The molecule has 1 rings (SSSR count). The van der Waals surface area contributed by atoms with Gasteiger partial charge in [0, 0.05) is 19.6 Å². The lowest BCUT2D eigenvalue weighted by Crippen LogP contribution is -2.45. The van der Waals surface area contributed by atoms with Gasteiger partial charge in [0.15, 0.2) is 0 Å². The van der Waals surface area contributed by atoms with Crippen LogP contribution in [0.15, 0.2) is 0 Å². The zero-order valence-electron chi connectivity index (χ0n) is 13.8. The van der Waals surface area contributed by atoms with Crippen molar-refractivity contribution < 1.29 is 23.1 Å². The summed E-state index contributed by atoms with van der Waals surface area (Å²) >= 11 is 0. The van der Waals surface area contributed by atoms with Gasteiger partial charge in [-0.2, -0.15) is 0 Å². The lowest BCUT2D eigenvalue weighted by molar-refractivity contribution is 0.0176. The minimum absolute atomic E-state index is 0.00480. The number of carbonyl (C=O) groups is 1. The van der Waals surface area contributed by atoms with Crippen LogP contribution >= 0.6 is 0 Å². The quantitative estimate of drug-likeness (QED) is 0.779. The van der Waals surface area contributed by atoms with Crippen molar-refractivity contribution in [1.29, 1.82) is 0 Å². The van der Waals surface area contributed by atoms with E-state index in [0.29, 0.717) is 13.1 Å². The highest BCUT2D eigenvalue weighted by atomic mass is 32.2. The van der Waals surface area contributed by atoms with Crippen LogP contribution in [0.4, 0.5) is 4.79 Å². The van der Waals surface area contributed by atoms with Gasteiger partial charge in [0.05, 0.1) is 11.9 Å². The first-order chi connectivity index (χ1) is 9.98. The predicted octanol–water partition coefficient (Wildman–Crippen LogP) is 0.934. The first-order valence-electron chi connectivity index (χ1n) is 7.62. The molecule has 1 saturated heterocycles. The van der Waals surface area contributed by atoms with Crippen LogP contribution in [0, 0.1) is 5.92 Å². The first-order valence-corrected chi connectivity index (χ1v) is 9.27. The van der Waals surface area contributed by atoms with Gasteiger partial charge < -0.3 is 14.7 Å². The molecule has 130 valence electrons. The molecule has 0 radical (unpaired) electrons. The number of sulfonamides is 1. The van der Waals surface area contributed by atoms with E-state index in [1.54, 1.807) is 25.7 Å². The van der Waals surface area contributed by atoms with Crippen LogP contribution in [0.3, 0.4) is 0 Å². The molecular formula is C14H28N2O5S. The molecule has 0 saturated carbocycles. The first kappa shape index (κ1) is 19.2. The number of nitrogens with one attached hydrogen (secondary N) is 1. The van der Waals surface area contributed by atoms with E-state index in [1.165, 1.54) is 6.92 Å². The van der Waals surface area contributed by atoms with E-state index >= 15 is 0 Å². The van der Waals surface area contributed by atoms with E-state index < -0.39 is 27.8 Å². The molecule has 8 heteroatoms. The summed E-state index contributed by atoms with van der Waals surface area (Å²) < 4.78 is 31.6. The maximum atomic E-state index is 12.0. The Balaban J connectivity index is 2.54. The molecular weight excluding hydrogens is 308 g/mol. The summed E-state index contributed by atoms with van der Waals surface area (Å²) in [6.07, 6.45) is 0.399. The Morgan fingerprint density at radius 1 is 1.45 bits per heavy atom. The summed E-state index contributed by atoms with van der Waals surface area (Å²) in [7, 11) is -3.45. The number of nitrogens with zero attached hydrogens (tertiary/aromatic N) is 1. The molecule has 0 aromatic carbocycles. The smallest absolute Gasteiger partial charge is 0.410 e. The molecule has 0 spiro atoms. The lowest BCUT2D eigenvalue weighted by atomic mass is 10.0. The number of ether oxygens (including phenoxy) is 1. The Morgan fingerprint density at radius 2 is 2.09 bits per heavy atom. The summed E-state index contributed by atoms with van der Waals surface area (Å²) in [4.78, 5) is 13.6. The molecule has 1 heterocycles. The van der Waals surface area contributed by atoms with Crippen LogP contribution in [0.1, 0.15) is 40.5 Å². The van der Waals surface area contributed by atoms with Crippen molar-refractivity contribution in [1.82, 2.24) is 9.62 Å². The molecule has 0 aromatic heterocycles. The molecule has 1 aliphatic rings. The minimum Gasteiger partial charge on any atom is -0.444 e. The second-order valence-corrected chi connectivity index (χ2v) is 8.77. The van der Waals surface area contributed by atoms with E-state index in [9.17, 15) is 13.2 Å². The van der Waals surface area contributed by atoms with Gasteiger partial charge in [-0.25, -0.2) is 17.9 Å². The van der Waals surface area contributed by atoms with Gasteiger partial charge in [-0.3, -0.25) is 0 Å². The summed E-state index contributed by atoms with van der Waals surface area (Å²) in [5.74, 6) is -0.160. The highest BCUT2D eigenvalue weighted by Gasteiger charge is 2.30. The fourth-order valence-electron chi connectivity index (χ4n) is 2.31. The number of amides is 1. The number of piperidine rings is 1. The number of likely N-dealkylation sites (tertiary alicyclic amines) is 1. The largest absolute Gasteiger partial charge is 0.444 e. The van der Waals surface area contributed by atoms with Crippen LogP contribution in [0.25, 0.3) is 0 Å². The maximum Gasteiger partial charge on any atom is 0.410 e. The maximum absolute atomic E-state index is 12.0. The van der Waals surface area contributed by atoms with Crippen molar-refractivity contribution in [3.05, 3.63) is 0 Å². The van der Waals surface area contributed by atoms with Crippen LogP contribution in [-0.4, -0.2) is 61.6 Å². The van der Waals surface area contributed by atoms with Gasteiger partial charge in [0.25, 0.3) is 0 Å². The molecule has 1 aliphatic heterocycles. The fraction of sp³-hybridized carbons (Fsp3) is 0.929. The van der Waals surface area contributed by atoms with Crippen molar-refractivity contribution in [3.63, 3.8) is 0 Å². The van der Waals surface area contributed by atoms with Crippen LogP contribution in [0.2, 0.25) is 0 Å². The summed E-state index contributed by atoms with van der Waals surface area (Å²) in [6, 6.07) is 0. The Morgan fingerprint density at radius 3 is 2.64 bits per heavy atom. The topological polar surface area (TPSA) is 95.9 Å². The second kappa shape index (κ2) is 7.61. The van der Waals surface area contributed by atoms with Gasteiger partial charge >= 0.3 is 6.09 Å². The third-order valence-electron chi connectivity index (χ3n) is 3.22. The van der Waals surface area contributed by atoms with Crippen molar-refractivity contribution in [2.45, 2.75) is 52.2 Å². The van der Waals surface area contributed by atoms with Crippen LogP contribution < -0.4 is 4.72 Å². The van der Waals surface area contributed by atoms with Gasteiger partial charge in [0.2, 0.25) is 10.0 Å². The zero-order valence-corrected chi connectivity index (χ0v) is 14.6. The third kappa shape index (κ3) is 7.42. The van der Waals surface area contributed by atoms with Crippen LogP contribution in [0.5, 0.6) is 0 Å². The highest BCUT2D eigenvalue weighted by Crippen LogP contribution is 2.20. The average molecular weight is 336 g/mol. The van der Waals surface area contributed by atoms with E-state index in [0.717, 1.165) is 12.8 Å². The fourth-order valence-corrected chi connectivity index (χ4v) is 3.82. The number of carbonyl (C=O) groups excluding carboxylic acids is 1. The number of aliphatic hydroxyl groups is 1. The molecule has 0 aliphatic carbocycles. The van der Waals surface area contributed by atoms with E-state index in [2.05, 4.69) is 4.72 Å². The van der Waals surface area contributed by atoms with E-state index in [-0.39, 0.29) is 18.2 Å². The number of hydrogen-bond acceptors (Lipinski definition) is 5. The predicted molar refractivity (Wildman–Crippen MR) is 84.0 cm³/mol. The van der Waals surface area contributed by atoms with Crippen molar-refractivity contribution >= 4 is 16.1 Å². The van der Waals surface area contributed by atoms with Gasteiger partial charge in [-0.15, -0.1) is 0 Å². The zero-order chi connectivity index (χ0) is 17.0. The molecule has 0 bridgehead atoms. The van der Waals surface area contributed by atoms with E-state index in [4.69, 9.17) is 9.84 Å². The van der Waals surface area contributed by atoms with Gasteiger partial charge in [-0.1, -0.05) is 0 Å². The highest BCUT2D eigenvalue weighted by molar-refractivity contribution is 7.89. The van der Waals surface area contributed by atoms with Gasteiger partial charge in [-0.05, 0) is 46.5 Å². The minimum atomic E-state index is -3.45. The Hall–Kier alpha value is -0.860. The number of rotatable bonds is 5. The normalized spacial score (nSPS) is 21.5. The molecule has 22 heavy (non-hydrogen) atoms. The monoisotopic (exact) mass is 336 g/mol. The summed E-state index contributed by atoms with van der Waals surface area (Å²) in [5, 5.41) is 9.15. The molecule has 1 fully saturated rings. The average Bonchev–Trinajstić information content (AvgIpc) is 2.34. The SMILES string of the molecule is C[C@@H](O)CNS(=O)(=O)CC1CCCN(C(=O)OC(C)(C)C)C1. The number of aliphatic hydroxyl groups excluding tert-OH is 1. The van der Waals surface area contributed by atoms with Crippen molar-refractivity contribution in [3.8, 4) is 0 Å². The lowest BCUT2D eigenvalue weighted by Gasteiger charge is -2.34. The molecule has 1 amide bonds. The van der Waals surface area contributed by atoms with Crippen molar-refractivity contribution in [2.24, 2.45) is 5.92 Å². The number of hydrogen-bond donors (Lipinski definition) is 2. The molecule has 0 aromatic rings. The Bertz CT molecular complexity index is 470. The second-order valence-electron chi connectivity index (χ2n) is 6.91. The van der Waals surface area contributed by atoms with Crippen molar-refractivity contribution in [2.75, 3.05) is 25.4 Å². The molecule has 2 atom stereocenters. The standard InChI is InChI=1S/C14H28N2O5S/c1-11(17)8-15-22(19,20)10-12-6-5-7-16(9-12)13(18)21-14(2,3)4/h11-12,15,17H,5-10H2,1-4H3/t11-,12?/m1/s1. The van der Waals surface area contributed by atoms with Gasteiger partial charge in [0.1, 0.15) is 5.60 Å².